The Morgan fingerprint density at radius 1 is 1.58 bits per heavy atom. The highest BCUT2D eigenvalue weighted by Gasteiger charge is 2.03. The van der Waals surface area contributed by atoms with E-state index in [4.69, 9.17) is 0 Å². The molecule has 1 rings (SSSR count). The predicted molar refractivity (Wildman–Crippen MR) is 51.3 cm³/mol. The lowest BCUT2D eigenvalue weighted by Gasteiger charge is -2.08. The fraction of sp³-hybridized carbons (Fsp3) is 0.444. The first kappa shape index (κ1) is 9.26. The van der Waals surface area contributed by atoms with Crippen LogP contribution in [0.5, 0.6) is 0 Å². The van der Waals surface area contributed by atoms with E-state index in [0.29, 0.717) is 6.42 Å². The Morgan fingerprint density at radius 2 is 2.33 bits per heavy atom. The lowest BCUT2D eigenvalue weighted by atomic mass is 10.2. The summed E-state index contributed by atoms with van der Waals surface area (Å²) in [6.07, 6.45) is 1.49. The summed E-state index contributed by atoms with van der Waals surface area (Å²) in [5.41, 5.74) is 0. The summed E-state index contributed by atoms with van der Waals surface area (Å²) in [5, 5.41) is 2.04. The molecule has 1 amide bonds. The molecule has 3 heteroatoms. The SMILES string of the molecule is CN(C)C(=O)CCc1cccs1. The van der Waals surface area contributed by atoms with Crippen LogP contribution >= 0.6 is 11.3 Å². The van der Waals surface area contributed by atoms with E-state index < -0.39 is 0 Å². The van der Waals surface area contributed by atoms with Crippen LogP contribution in [0.25, 0.3) is 0 Å². The summed E-state index contributed by atoms with van der Waals surface area (Å²) >= 11 is 1.71. The zero-order valence-corrected chi connectivity index (χ0v) is 8.23. The quantitative estimate of drug-likeness (QED) is 0.699. The summed E-state index contributed by atoms with van der Waals surface area (Å²) in [7, 11) is 3.58. The van der Waals surface area contributed by atoms with Crippen LogP contribution in [0.4, 0.5) is 0 Å². The molecule has 12 heavy (non-hydrogen) atoms. The normalized spacial score (nSPS) is 9.83. The molecule has 66 valence electrons. The maximum atomic E-state index is 11.2. The van der Waals surface area contributed by atoms with Crippen molar-refractivity contribution in [1.29, 1.82) is 0 Å². The van der Waals surface area contributed by atoms with E-state index in [1.807, 2.05) is 11.4 Å². The van der Waals surface area contributed by atoms with E-state index in [1.54, 1.807) is 30.3 Å². The van der Waals surface area contributed by atoms with Crippen LogP contribution in [0.3, 0.4) is 0 Å². The summed E-state index contributed by atoms with van der Waals surface area (Å²) in [4.78, 5) is 14.1. The lowest BCUT2D eigenvalue weighted by molar-refractivity contribution is -0.128. The largest absolute Gasteiger partial charge is 0.349 e. The molecule has 1 aromatic rings. The molecule has 1 heterocycles. The minimum Gasteiger partial charge on any atom is -0.349 e. The van der Waals surface area contributed by atoms with Gasteiger partial charge in [-0.05, 0) is 17.9 Å². The molecular formula is C9H13NOS. The monoisotopic (exact) mass is 183 g/mol. The second kappa shape index (κ2) is 4.26. The molecular weight excluding hydrogens is 170 g/mol. The Balaban J connectivity index is 2.32. The Labute approximate surface area is 76.8 Å². The van der Waals surface area contributed by atoms with Crippen molar-refractivity contribution in [3.8, 4) is 0 Å². The van der Waals surface area contributed by atoms with Crippen molar-refractivity contribution in [2.75, 3.05) is 14.1 Å². The van der Waals surface area contributed by atoms with Crippen LogP contribution in [0.2, 0.25) is 0 Å². The second-order valence-electron chi connectivity index (χ2n) is 2.87. The zero-order chi connectivity index (χ0) is 8.97. The van der Waals surface area contributed by atoms with Crippen LogP contribution in [0.15, 0.2) is 17.5 Å². The van der Waals surface area contributed by atoms with E-state index >= 15 is 0 Å². The van der Waals surface area contributed by atoms with Crippen molar-refractivity contribution in [3.05, 3.63) is 22.4 Å². The Hall–Kier alpha value is -0.830. The van der Waals surface area contributed by atoms with Gasteiger partial charge < -0.3 is 4.90 Å². The van der Waals surface area contributed by atoms with Gasteiger partial charge in [0.15, 0.2) is 0 Å². The van der Waals surface area contributed by atoms with Gasteiger partial charge in [-0.25, -0.2) is 0 Å². The molecule has 2 nitrogen and oxygen atoms in total. The third kappa shape index (κ3) is 2.66. The van der Waals surface area contributed by atoms with Gasteiger partial charge in [0, 0.05) is 25.4 Å². The standard InChI is InChI=1S/C9H13NOS/c1-10(2)9(11)6-5-8-4-3-7-12-8/h3-4,7H,5-6H2,1-2H3. The Morgan fingerprint density at radius 3 is 2.83 bits per heavy atom. The van der Waals surface area contributed by atoms with E-state index in [9.17, 15) is 4.79 Å². The van der Waals surface area contributed by atoms with E-state index in [-0.39, 0.29) is 5.91 Å². The number of hydrogen-bond acceptors (Lipinski definition) is 2. The van der Waals surface area contributed by atoms with Crippen LogP contribution in [0.1, 0.15) is 11.3 Å². The number of carbonyl (C=O) groups is 1. The fourth-order valence-corrected chi connectivity index (χ4v) is 1.62. The van der Waals surface area contributed by atoms with Crippen molar-refractivity contribution in [3.63, 3.8) is 0 Å². The van der Waals surface area contributed by atoms with Gasteiger partial charge >= 0.3 is 0 Å². The molecule has 0 spiro atoms. The third-order valence-corrected chi connectivity index (χ3v) is 2.60. The van der Waals surface area contributed by atoms with Gasteiger partial charge in [-0.3, -0.25) is 4.79 Å². The molecule has 0 aliphatic rings. The van der Waals surface area contributed by atoms with E-state index in [2.05, 4.69) is 6.07 Å². The van der Waals surface area contributed by atoms with E-state index in [1.165, 1.54) is 4.88 Å². The van der Waals surface area contributed by atoms with Crippen LogP contribution in [-0.4, -0.2) is 24.9 Å². The summed E-state index contributed by atoms with van der Waals surface area (Å²) in [5.74, 6) is 0.198. The number of aryl methyl sites for hydroxylation is 1. The molecule has 0 aliphatic carbocycles. The second-order valence-corrected chi connectivity index (χ2v) is 3.90. The molecule has 0 radical (unpaired) electrons. The van der Waals surface area contributed by atoms with Crippen LogP contribution < -0.4 is 0 Å². The smallest absolute Gasteiger partial charge is 0.222 e. The summed E-state index contributed by atoms with van der Waals surface area (Å²) in [6, 6.07) is 4.08. The predicted octanol–water partition coefficient (Wildman–Crippen LogP) is 1.77. The highest BCUT2D eigenvalue weighted by molar-refractivity contribution is 7.09. The number of hydrogen-bond donors (Lipinski definition) is 0. The molecule has 0 aromatic carbocycles. The van der Waals surface area contributed by atoms with Gasteiger partial charge in [-0.15, -0.1) is 11.3 Å². The molecule has 0 N–H and O–H groups in total. The highest BCUT2D eigenvalue weighted by atomic mass is 32.1. The molecule has 0 saturated carbocycles. The number of thiophene rings is 1. The first-order chi connectivity index (χ1) is 5.70. The average Bonchev–Trinajstić information content (AvgIpc) is 2.51. The number of amides is 1. The Kier molecular flexibility index (Phi) is 3.29. The van der Waals surface area contributed by atoms with Gasteiger partial charge in [-0.2, -0.15) is 0 Å². The van der Waals surface area contributed by atoms with Crippen molar-refractivity contribution in [1.82, 2.24) is 4.90 Å². The number of rotatable bonds is 3. The van der Waals surface area contributed by atoms with Crippen LogP contribution in [-0.2, 0) is 11.2 Å². The average molecular weight is 183 g/mol. The van der Waals surface area contributed by atoms with Crippen LogP contribution in [0, 0.1) is 0 Å². The molecule has 0 unspecified atom stereocenters. The Bertz CT molecular complexity index is 241. The minimum absolute atomic E-state index is 0.198. The first-order valence-corrected chi connectivity index (χ1v) is 4.80. The molecule has 0 saturated heterocycles. The van der Waals surface area contributed by atoms with Gasteiger partial charge in [0.05, 0.1) is 0 Å². The van der Waals surface area contributed by atoms with Crippen molar-refractivity contribution >= 4 is 17.2 Å². The molecule has 0 bridgehead atoms. The maximum Gasteiger partial charge on any atom is 0.222 e. The van der Waals surface area contributed by atoms with Crippen molar-refractivity contribution in [2.24, 2.45) is 0 Å². The first-order valence-electron chi connectivity index (χ1n) is 3.92. The van der Waals surface area contributed by atoms with Gasteiger partial charge in [-0.1, -0.05) is 6.07 Å². The van der Waals surface area contributed by atoms with Gasteiger partial charge in [0.1, 0.15) is 0 Å². The van der Waals surface area contributed by atoms with E-state index in [0.717, 1.165) is 6.42 Å². The molecule has 1 aromatic heterocycles. The topological polar surface area (TPSA) is 20.3 Å². The maximum absolute atomic E-state index is 11.2. The lowest BCUT2D eigenvalue weighted by Crippen LogP contribution is -2.21. The van der Waals surface area contributed by atoms with Gasteiger partial charge in [0.2, 0.25) is 5.91 Å². The summed E-state index contributed by atoms with van der Waals surface area (Å²) < 4.78 is 0. The van der Waals surface area contributed by atoms with Crippen molar-refractivity contribution in [2.45, 2.75) is 12.8 Å². The minimum atomic E-state index is 0.198. The fourth-order valence-electron chi connectivity index (χ4n) is 0.909. The highest BCUT2D eigenvalue weighted by Crippen LogP contribution is 2.10. The third-order valence-electron chi connectivity index (χ3n) is 1.66. The summed E-state index contributed by atoms with van der Waals surface area (Å²) in [6.45, 7) is 0. The molecule has 0 aliphatic heterocycles. The van der Waals surface area contributed by atoms with Crippen molar-refractivity contribution < 1.29 is 4.79 Å². The number of nitrogens with zero attached hydrogens (tertiary/aromatic N) is 1. The molecule has 0 atom stereocenters. The number of carbonyl (C=O) groups excluding carboxylic acids is 1. The zero-order valence-electron chi connectivity index (χ0n) is 7.41. The van der Waals surface area contributed by atoms with Gasteiger partial charge in [0.25, 0.3) is 0 Å². The molecule has 0 fully saturated rings.